The van der Waals surface area contributed by atoms with Crippen LogP contribution in [0, 0.1) is 10.1 Å². The van der Waals surface area contributed by atoms with E-state index in [9.17, 15) is 23.3 Å². The number of ketones is 1. The monoisotopic (exact) mass is 470 g/mol. The number of carbonyl (C=O) groups is 1. The highest BCUT2D eigenvalue weighted by molar-refractivity contribution is 7.99. The zero-order valence-corrected chi connectivity index (χ0v) is 18.7. The fourth-order valence-electron chi connectivity index (χ4n) is 2.57. The molecule has 0 atom stereocenters. The summed E-state index contributed by atoms with van der Waals surface area (Å²) in [6.45, 7) is 0. The molecule has 0 aliphatic rings. The van der Waals surface area contributed by atoms with Crippen LogP contribution in [0.25, 0.3) is 6.08 Å². The van der Waals surface area contributed by atoms with Crippen LogP contribution in [-0.4, -0.2) is 47.5 Å². The van der Waals surface area contributed by atoms with Crippen molar-refractivity contribution in [1.29, 1.82) is 0 Å². The van der Waals surface area contributed by atoms with Crippen LogP contribution in [0.5, 0.6) is 0 Å². The minimum Gasteiger partial charge on any atom is -0.289 e. The second-order valence-electron chi connectivity index (χ2n) is 6.63. The van der Waals surface area contributed by atoms with Crippen LogP contribution in [0.2, 0.25) is 0 Å². The number of allylic oxidation sites excluding steroid dienone is 1. The number of nitro benzene ring substituents is 1. The molecule has 0 spiro atoms. The minimum atomic E-state index is -3.59. The molecule has 0 fully saturated rings. The maximum Gasteiger partial charge on any atom is 0.283 e. The van der Waals surface area contributed by atoms with Gasteiger partial charge in [0.15, 0.2) is 10.9 Å². The van der Waals surface area contributed by atoms with Crippen LogP contribution < -0.4 is 0 Å². The van der Waals surface area contributed by atoms with Gasteiger partial charge in [-0.25, -0.2) is 22.7 Å². The third-order valence-electron chi connectivity index (χ3n) is 4.27. The molecule has 0 aliphatic carbocycles. The lowest BCUT2D eigenvalue weighted by Gasteiger charge is -2.11. The summed E-state index contributed by atoms with van der Waals surface area (Å²) in [5.74, 6) is -0.363. The Morgan fingerprint density at radius 2 is 1.75 bits per heavy atom. The highest BCUT2D eigenvalue weighted by Crippen LogP contribution is 2.33. The zero-order chi connectivity index (χ0) is 23.3. The first-order chi connectivity index (χ1) is 15.2. The SMILES string of the molecule is CN(C)S(=O)(=O)c1ccc(C(=O)C=Cc2ccc(Sc3ncccn3)c([N+](=O)[O-])c2)cc1. The van der Waals surface area contributed by atoms with E-state index in [1.165, 1.54) is 56.6 Å². The topological polar surface area (TPSA) is 123 Å². The van der Waals surface area contributed by atoms with Crippen molar-refractivity contribution < 1.29 is 18.1 Å². The normalized spacial score (nSPS) is 11.7. The molecule has 32 heavy (non-hydrogen) atoms. The number of aromatic nitrogens is 2. The van der Waals surface area contributed by atoms with Crippen molar-refractivity contribution in [3.63, 3.8) is 0 Å². The van der Waals surface area contributed by atoms with Gasteiger partial charge in [-0.15, -0.1) is 0 Å². The summed E-state index contributed by atoms with van der Waals surface area (Å²) in [6.07, 6.45) is 5.84. The quantitative estimate of drug-likeness (QED) is 0.161. The molecule has 0 amide bonds. The smallest absolute Gasteiger partial charge is 0.283 e. The van der Waals surface area contributed by atoms with Crippen LogP contribution >= 0.6 is 11.8 Å². The van der Waals surface area contributed by atoms with E-state index >= 15 is 0 Å². The Hall–Kier alpha value is -3.41. The molecule has 0 bridgehead atoms. The van der Waals surface area contributed by atoms with E-state index in [0.717, 1.165) is 16.1 Å². The maximum atomic E-state index is 12.4. The summed E-state index contributed by atoms with van der Waals surface area (Å²) in [5.41, 5.74) is 0.632. The standard InChI is InChI=1S/C21H18N4O5S2/c1-24(2)32(29,30)17-8-6-16(7-9-17)19(26)10-4-15-5-11-20(18(14-15)25(27)28)31-21-22-12-3-13-23-21/h3-14H,1-2H3. The molecule has 3 aromatic rings. The van der Waals surface area contributed by atoms with Gasteiger partial charge in [-0.1, -0.05) is 12.1 Å². The van der Waals surface area contributed by atoms with Crippen LogP contribution in [-0.2, 0) is 10.0 Å². The van der Waals surface area contributed by atoms with Gasteiger partial charge in [-0.3, -0.25) is 14.9 Å². The number of rotatable bonds is 8. The molecule has 0 aliphatic heterocycles. The Balaban J connectivity index is 1.79. The van der Waals surface area contributed by atoms with Crippen molar-refractivity contribution in [3.05, 3.63) is 88.2 Å². The number of benzene rings is 2. The molecule has 11 heteroatoms. The summed E-state index contributed by atoms with van der Waals surface area (Å²) >= 11 is 1.07. The van der Waals surface area contributed by atoms with Gasteiger partial charge in [0.05, 0.1) is 14.7 Å². The molecule has 0 radical (unpaired) electrons. The van der Waals surface area contributed by atoms with Crippen molar-refractivity contribution in [2.75, 3.05) is 14.1 Å². The molecule has 0 unspecified atom stereocenters. The van der Waals surface area contributed by atoms with E-state index in [-0.39, 0.29) is 16.4 Å². The zero-order valence-electron chi connectivity index (χ0n) is 17.1. The van der Waals surface area contributed by atoms with Gasteiger partial charge < -0.3 is 0 Å². The van der Waals surface area contributed by atoms with Crippen LogP contribution in [0.1, 0.15) is 15.9 Å². The van der Waals surface area contributed by atoms with Gasteiger partial charge in [0.25, 0.3) is 5.69 Å². The van der Waals surface area contributed by atoms with E-state index in [1.807, 2.05) is 0 Å². The number of nitro groups is 1. The third kappa shape index (κ3) is 5.44. The van der Waals surface area contributed by atoms with Crippen LogP contribution in [0.3, 0.4) is 0 Å². The van der Waals surface area contributed by atoms with Gasteiger partial charge in [0.2, 0.25) is 10.0 Å². The van der Waals surface area contributed by atoms with Gasteiger partial charge in [0, 0.05) is 38.1 Å². The third-order valence-corrected chi connectivity index (χ3v) is 7.06. The lowest BCUT2D eigenvalue weighted by atomic mass is 10.1. The number of sulfonamides is 1. The molecule has 9 nitrogen and oxygen atoms in total. The fraction of sp³-hybridized carbons (Fsp3) is 0.0952. The first-order valence-electron chi connectivity index (χ1n) is 9.17. The molecule has 0 saturated heterocycles. The highest BCUT2D eigenvalue weighted by atomic mass is 32.2. The molecule has 0 N–H and O–H groups in total. The second kappa shape index (κ2) is 9.81. The number of hydrogen-bond acceptors (Lipinski definition) is 8. The lowest BCUT2D eigenvalue weighted by Crippen LogP contribution is -2.22. The number of carbonyl (C=O) groups excluding carboxylic acids is 1. The van der Waals surface area contributed by atoms with E-state index in [4.69, 9.17) is 0 Å². The Morgan fingerprint density at radius 1 is 1.09 bits per heavy atom. The largest absolute Gasteiger partial charge is 0.289 e. The van der Waals surface area contributed by atoms with Crippen molar-refractivity contribution in [1.82, 2.24) is 14.3 Å². The predicted molar refractivity (Wildman–Crippen MR) is 120 cm³/mol. The summed E-state index contributed by atoms with van der Waals surface area (Å²) in [5, 5.41) is 11.9. The van der Waals surface area contributed by atoms with Crippen molar-refractivity contribution in [2.45, 2.75) is 14.9 Å². The lowest BCUT2D eigenvalue weighted by molar-refractivity contribution is -0.387. The van der Waals surface area contributed by atoms with E-state index in [2.05, 4.69) is 9.97 Å². The molecule has 0 saturated carbocycles. The summed E-state index contributed by atoms with van der Waals surface area (Å²) in [4.78, 5) is 32.0. The molecule has 2 aromatic carbocycles. The molecule has 1 heterocycles. The molecule has 1 aromatic heterocycles. The predicted octanol–water partition coefficient (Wildman–Crippen LogP) is 3.68. The first-order valence-corrected chi connectivity index (χ1v) is 11.4. The average Bonchev–Trinajstić information content (AvgIpc) is 2.78. The Bertz CT molecular complexity index is 1280. The highest BCUT2D eigenvalue weighted by Gasteiger charge is 2.18. The van der Waals surface area contributed by atoms with E-state index < -0.39 is 14.9 Å². The average molecular weight is 471 g/mol. The van der Waals surface area contributed by atoms with Crippen LogP contribution in [0.15, 0.2) is 81.9 Å². The summed E-state index contributed by atoms with van der Waals surface area (Å²) in [6, 6.07) is 11.8. The molecular formula is C21H18N4O5S2. The molecular weight excluding hydrogens is 452 g/mol. The van der Waals surface area contributed by atoms with Crippen LogP contribution in [0.4, 0.5) is 5.69 Å². The minimum absolute atomic E-state index is 0.0779. The van der Waals surface area contributed by atoms with E-state index in [0.29, 0.717) is 21.2 Å². The van der Waals surface area contributed by atoms with Gasteiger partial charge in [-0.05, 0) is 59.8 Å². The summed E-state index contributed by atoms with van der Waals surface area (Å²) < 4.78 is 25.3. The maximum absolute atomic E-state index is 12.4. The summed E-state index contributed by atoms with van der Waals surface area (Å²) in [7, 11) is -0.738. The van der Waals surface area contributed by atoms with Gasteiger partial charge in [-0.2, -0.15) is 0 Å². The second-order valence-corrected chi connectivity index (χ2v) is 9.79. The Kier molecular flexibility index (Phi) is 7.13. The van der Waals surface area contributed by atoms with Gasteiger partial charge >= 0.3 is 0 Å². The van der Waals surface area contributed by atoms with E-state index in [1.54, 1.807) is 30.6 Å². The number of hydrogen-bond donors (Lipinski definition) is 0. The molecule has 164 valence electrons. The fourth-order valence-corrected chi connectivity index (χ4v) is 4.27. The van der Waals surface area contributed by atoms with Crippen molar-refractivity contribution in [2.24, 2.45) is 0 Å². The first kappa shape index (κ1) is 23.3. The van der Waals surface area contributed by atoms with Gasteiger partial charge in [0.1, 0.15) is 0 Å². The number of nitrogens with zero attached hydrogens (tertiary/aromatic N) is 4. The van der Waals surface area contributed by atoms with Crippen molar-refractivity contribution >= 4 is 39.3 Å². The van der Waals surface area contributed by atoms with Crippen molar-refractivity contribution in [3.8, 4) is 0 Å². The Morgan fingerprint density at radius 3 is 2.34 bits per heavy atom. The Labute approximate surface area is 189 Å². The molecule has 3 rings (SSSR count).